The Morgan fingerprint density at radius 1 is 1.15 bits per heavy atom. The number of aliphatic hydroxyl groups is 1. The van der Waals surface area contributed by atoms with Crippen LogP contribution in [0.4, 0.5) is 5.69 Å². The van der Waals surface area contributed by atoms with Gasteiger partial charge in [0.2, 0.25) is 10.0 Å². The zero-order valence-electron chi connectivity index (χ0n) is 23.7. The molecule has 7 nitrogen and oxygen atoms in total. The van der Waals surface area contributed by atoms with Gasteiger partial charge in [0.15, 0.2) is 0 Å². The van der Waals surface area contributed by atoms with Crippen molar-refractivity contribution in [2.75, 3.05) is 24.6 Å². The van der Waals surface area contributed by atoms with E-state index in [1.54, 1.807) is 25.1 Å². The first-order valence-electron chi connectivity index (χ1n) is 14.7. The number of allylic oxidation sites excluding steroid dienone is 1. The lowest BCUT2D eigenvalue weighted by atomic mass is 9.64. The molecule has 220 valence electrons. The molecule has 0 aromatic heterocycles. The zero-order chi connectivity index (χ0) is 29.0. The maximum absolute atomic E-state index is 13.2. The van der Waals surface area contributed by atoms with E-state index in [1.807, 2.05) is 25.1 Å². The van der Waals surface area contributed by atoms with Crippen LogP contribution in [0.25, 0.3) is 0 Å². The Bertz CT molecular complexity index is 1490. The molecule has 1 fully saturated rings. The fourth-order valence-electron chi connectivity index (χ4n) is 7.32. The minimum absolute atomic E-state index is 0.0836. The van der Waals surface area contributed by atoms with Crippen LogP contribution in [0.15, 0.2) is 48.6 Å². The number of carbonyl (C=O) groups is 1. The number of nitrogens with zero attached hydrogens (tertiary/aromatic N) is 1. The molecule has 5 atom stereocenters. The summed E-state index contributed by atoms with van der Waals surface area (Å²) in [6.07, 6.45) is 9.47. The van der Waals surface area contributed by atoms with Crippen LogP contribution in [0, 0.1) is 11.8 Å². The molecule has 2 aromatic rings. The lowest BCUT2D eigenvalue weighted by Gasteiger charge is -2.48. The molecule has 0 radical (unpaired) electrons. The van der Waals surface area contributed by atoms with Gasteiger partial charge < -0.3 is 14.7 Å². The van der Waals surface area contributed by atoms with E-state index in [2.05, 4.69) is 21.8 Å². The monoisotopic (exact) mass is 598 g/mol. The number of fused-ring (bicyclic) bond motifs is 4. The van der Waals surface area contributed by atoms with Crippen molar-refractivity contribution >= 4 is 33.2 Å². The van der Waals surface area contributed by atoms with Gasteiger partial charge in [0.1, 0.15) is 5.75 Å². The SMILES string of the molecule is C[C@@H]1CC/C=C\[C@](C)(O)[C@@H]2CC[C@H]2CN2C[C@@]3(CCCc4cc(Cl)ccc43)COc3ccc(cc32)C(=O)NS1(=O)=O. The highest BCUT2D eigenvalue weighted by atomic mass is 35.5. The van der Waals surface area contributed by atoms with Crippen LogP contribution < -0.4 is 14.4 Å². The predicted molar refractivity (Wildman–Crippen MR) is 161 cm³/mol. The molecular weight excluding hydrogens is 560 g/mol. The van der Waals surface area contributed by atoms with Gasteiger partial charge in [0.25, 0.3) is 5.91 Å². The summed E-state index contributed by atoms with van der Waals surface area (Å²) >= 11 is 6.38. The molecule has 2 aliphatic carbocycles. The van der Waals surface area contributed by atoms with E-state index in [9.17, 15) is 18.3 Å². The van der Waals surface area contributed by atoms with Crippen LogP contribution in [0.2, 0.25) is 5.02 Å². The third-order valence-corrected chi connectivity index (χ3v) is 11.9. The molecule has 1 saturated carbocycles. The summed E-state index contributed by atoms with van der Waals surface area (Å²) in [4.78, 5) is 15.6. The smallest absolute Gasteiger partial charge is 0.264 e. The van der Waals surface area contributed by atoms with E-state index in [0.29, 0.717) is 38.3 Å². The molecule has 0 unspecified atom stereocenters. The van der Waals surface area contributed by atoms with E-state index in [0.717, 1.165) is 42.8 Å². The third-order valence-electron chi connectivity index (χ3n) is 9.88. The Hall–Kier alpha value is -2.55. The van der Waals surface area contributed by atoms with Gasteiger partial charge in [-0.05, 0) is 112 Å². The van der Waals surface area contributed by atoms with Crippen molar-refractivity contribution < 1.29 is 23.1 Å². The fraction of sp³-hybridized carbons (Fsp3) is 0.531. The number of nitrogens with one attached hydrogen (secondary N) is 1. The van der Waals surface area contributed by atoms with Crippen molar-refractivity contribution in [2.45, 2.75) is 75.1 Å². The van der Waals surface area contributed by atoms with Crippen LogP contribution in [-0.2, 0) is 21.9 Å². The standard InChI is InChI=1S/C32H39ClN2O5S/c1-21-6-3-4-14-31(2,37)26-11-8-24(26)18-35-19-32(15-5-7-22-16-25(33)10-12-27(22)32)20-40-29-13-9-23(17-28(29)35)30(36)34-41(21,38)39/h4,9-10,12-14,16-17,21,24,26,37H,3,5-8,11,15,18-20H2,1-2H3,(H,34,36)/b14-4-/t21-,24+,26-,31+,32+/m1/s1. The molecule has 2 N–H and O–H groups in total. The van der Waals surface area contributed by atoms with Crippen molar-refractivity contribution in [1.82, 2.24) is 4.72 Å². The van der Waals surface area contributed by atoms with Crippen molar-refractivity contribution in [3.63, 3.8) is 0 Å². The highest BCUT2D eigenvalue weighted by molar-refractivity contribution is 7.90. The lowest BCUT2D eigenvalue weighted by molar-refractivity contribution is -0.0314. The van der Waals surface area contributed by atoms with Gasteiger partial charge in [-0.15, -0.1) is 0 Å². The number of rotatable bonds is 0. The highest BCUT2D eigenvalue weighted by Gasteiger charge is 2.46. The highest BCUT2D eigenvalue weighted by Crippen LogP contribution is 2.48. The molecule has 2 aliphatic heterocycles. The number of anilines is 1. The molecule has 2 aromatic carbocycles. The number of benzene rings is 2. The van der Waals surface area contributed by atoms with Gasteiger partial charge in [-0.1, -0.05) is 29.8 Å². The third kappa shape index (κ3) is 5.39. The Morgan fingerprint density at radius 3 is 2.76 bits per heavy atom. The molecule has 2 heterocycles. The summed E-state index contributed by atoms with van der Waals surface area (Å²) in [7, 11) is -3.88. The average Bonchev–Trinajstić information content (AvgIpc) is 3.05. The van der Waals surface area contributed by atoms with Gasteiger partial charge in [-0.2, -0.15) is 0 Å². The summed E-state index contributed by atoms with van der Waals surface area (Å²) in [5, 5.41) is 11.5. The Labute approximate surface area is 248 Å². The second kappa shape index (κ2) is 10.6. The zero-order valence-corrected chi connectivity index (χ0v) is 25.3. The van der Waals surface area contributed by atoms with Gasteiger partial charge in [-0.25, -0.2) is 13.1 Å². The predicted octanol–water partition coefficient (Wildman–Crippen LogP) is 5.39. The summed E-state index contributed by atoms with van der Waals surface area (Å²) in [6, 6.07) is 11.4. The van der Waals surface area contributed by atoms with Crippen molar-refractivity contribution in [3.8, 4) is 5.75 Å². The molecule has 1 amide bonds. The van der Waals surface area contributed by atoms with Crippen molar-refractivity contribution in [1.29, 1.82) is 0 Å². The lowest BCUT2D eigenvalue weighted by Crippen LogP contribution is -2.51. The molecule has 41 heavy (non-hydrogen) atoms. The maximum Gasteiger partial charge on any atom is 0.264 e. The minimum atomic E-state index is -3.88. The Morgan fingerprint density at radius 2 is 1.98 bits per heavy atom. The van der Waals surface area contributed by atoms with E-state index in [1.165, 1.54) is 11.1 Å². The first kappa shape index (κ1) is 28.6. The quantitative estimate of drug-likeness (QED) is 0.395. The number of halogens is 1. The number of sulfonamides is 1. The van der Waals surface area contributed by atoms with Crippen LogP contribution in [0.3, 0.4) is 0 Å². The van der Waals surface area contributed by atoms with Gasteiger partial charge in [-0.3, -0.25) is 4.79 Å². The normalized spacial score (nSPS) is 33.8. The average molecular weight is 599 g/mol. The van der Waals surface area contributed by atoms with Crippen molar-refractivity contribution in [2.24, 2.45) is 11.8 Å². The summed E-state index contributed by atoms with van der Waals surface area (Å²) in [5.41, 5.74) is 2.32. The number of carbonyl (C=O) groups excluding carboxylic acids is 1. The van der Waals surface area contributed by atoms with Crippen LogP contribution in [0.1, 0.15) is 73.9 Å². The molecule has 9 heteroatoms. The van der Waals surface area contributed by atoms with Gasteiger partial charge >= 0.3 is 0 Å². The van der Waals surface area contributed by atoms with Gasteiger partial charge in [0, 0.05) is 29.1 Å². The largest absolute Gasteiger partial charge is 0.490 e. The molecule has 6 rings (SSSR count). The minimum Gasteiger partial charge on any atom is -0.490 e. The van der Waals surface area contributed by atoms with E-state index in [-0.39, 0.29) is 22.8 Å². The number of hydrogen-bond donors (Lipinski definition) is 2. The topological polar surface area (TPSA) is 95.9 Å². The first-order valence-corrected chi connectivity index (χ1v) is 16.7. The van der Waals surface area contributed by atoms with Crippen LogP contribution in [0.5, 0.6) is 5.75 Å². The van der Waals surface area contributed by atoms with Crippen LogP contribution >= 0.6 is 11.6 Å². The van der Waals surface area contributed by atoms with E-state index >= 15 is 0 Å². The summed E-state index contributed by atoms with van der Waals surface area (Å²) < 4.78 is 34.8. The second-order valence-electron chi connectivity index (χ2n) is 12.7. The molecule has 1 spiro atoms. The summed E-state index contributed by atoms with van der Waals surface area (Å²) in [5.74, 6) is 0.388. The number of amides is 1. The Balaban J connectivity index is 1.44. The van der Waals surface area contributed by atoms with E-state index < -0.39 is 26.8 Å². The van der Waals surface area contributed by atoms with Crippen LogP contribution in [-0.4, -0.2) is 50.0 Å². The molecule has 4 aliphatic rings. The number of hydrogen-bond acceptors (Lipinski definition) is 6. The van der Waals surface area contributed by atoms with Gasteiger partial charge in [0.05, 0.1) is 23.1 Å². The number of aryl methyl sites for hydroxylation is 1. The molecular formula is C32H39ClN2O5S. The molecule has 0 saturated heterocycles. The molecule has 2 bridgehead atoms. The first-order chi connectivity index (χ1) is 19.5. The fourth-order valence-corrected chi connectivity index (χ4v) is 8.53. The van der Waals surface area contributed by atoms with E-state index in [4.69, 9.17) is 16.3 Å². The second-order valence-corrected chi connectivity index (χ2v) is 15.3. The Kier molecular flexibility index (Phi) is 7.40. The van der Waals surface area contributed by atoms with Crippen molar-refractivity contribution in [3.05, 3.63) is 70.3 Å². The maximum atomic E-state index is 13.2. The number of ether oxygens (including phenoxy) is 1. The summed E-state index contributed by atoms with van der Waals surface area (Å²) in [6.45, 7) is 5.36.